The first-order valence-electron chi connectivity index (χ1n) is 6.21. The fourth-order valence-corrected chi connectivity index (χ4v) is 1.65. The van der Waals surface area contributed by atoms with Crippen LogP contribution in [0.4, 0.5) is 0 Å². The molecule has 0 heterocycles. The van der Waals surface area contributed by atoms with Crippen LogP contribution >= 0.6 is 11.6 Å². The highest BCUT2D eigenvalue weighted by atomic mass is 35.5. The van der Waals surface area contributed by atoms with E-state index in [0.717, 1.165) is 6.42 Å². The van der Waals surface area contributed by atoms with Crippen molar-refractivity contribution < 1.29 is 14.6 Å². The molecular formula is C14H20ClNO3. The van der Waals surface area contributed by atoms with Gasteiger partial charge in [0.25, 0.3) is 5.91 Å². The van der Waals surface area contributed by atoms with Gasteiger partial charge in [-0.1, -0.05) is 18.5 Å². The number of benzene rings is 1. The number of nitrogens with one attached hydrogen (secondary N) is 1. The molecule has 0 aliphatic carbocycles. The lowest BCUT2D eigenvalue weighted by Gasteiger charge is -2.24. The van der Waals surface area contributed by atoms with Gasteiger partial charge < -0.3 is 15.2 Å². The number of aliphatic hydroxyl groups is 1. The smallest absolute Gasteiger partial charge is 0.258 e. The average molecular weight is 286 g/mol. The van der Waals surface area contributed by atoms with Gasteiger partial charge in [-0.25, -0.2) is 0 Å². The third-order valence-corrected chi connectivity index (χ3v) is 3.15. The largest absolute Gasteiger partial charge is 0.483 e. The molecule has 106 valence electrons. The minimum absolute atomic E-state index is 0.0853. The number of hydrogen-bond donors (Lipinski definition) is 2. The normalized spacial score (nSPS) is 11.2. The molecule has 0 atom stereocenters. The van der Waals surface area contributed by atoms with E-state index in [9.17, 15) is 9.90 Å². The zero-order valence-electron chi connectivity index (χ0n) is 11.5. The van der Waals surface area contributed by atoms with Gasteiger partial charge in [-0.05, 0) is 38.5 Å². The van der Waals surface area contributed by atoms with Gasteiger partial charge in [0.1, 0.15) is 5.75 Å². The van der Waals surface area contributed by atoms with Crippen molar-refractivity contribution in [1.82, 2.24) is 5.32 Å². The molecule has 1 amide bonds. The lowest BCUT2D eigenvalue weighted by Crippen LogP contribution is -2.44. The topological polar surface area (TPSA) is 58.6 Å². The Morgan fingerprint density at radius 1 is 1.47 bits per heavy atom. The third kappa shape index (κ3) is 5.09. The molecule has 4 nitrogen and oxygen atoms in total. The molecule has 1 aromatic carbocycles. The number of amides is 1. The van der Waals surface area contributed by atoms with E-state index in [1.165, 1.54) is 0 Å². The SMILES string of the molecule is CCC(C)(C)NC(=O)COc1ccc(Cl)cc1CO. The summed E-state index contributed by atoms with van der Waals surface area (Å²) in [5, 5.41) is 12.6. The van der Waals surface area contributed by atoms with Crippen LogP contribution in [0, 0.1) is 0 Å². The third-order valence-electron chi connectivity index (χ3n) is 2.91. The molecule has 0 spiro atoms. The van der Waals surface area contributed by atoms with Crippen LogP contribution in [0.5, 0.6) is 5.75 Å². The summed E-state index contributed by atoms with van der Waals surface area (Å²) in [5.74, 6) is 0.280. The molecule has 1 aromatic rings. The molecule has 0 aliphatic heterocycles. The average Bonchev–Trinajstić information content (AvgIpc) is 2.36. The minimum Gasteiger partial charge on any atom is -0.483 e. The quantitative estimate of drug-likeness (QED) is 0.844. The molecule has 0 aromatic heterocycles. The Balaban J connectivity index is 2.60. The molecule has 19 heavy (non-hydrogen) atoms. The molecule has 2 N–H and O–H groups in total. The number of rotatable bonds is 6. The number of carbonyl (C=O) groups is 1. The Hall–Kier alpha value is -1.26. The lowest BCUT2D eigenvalue weighted by molar-refractivity contribution is -0.124. The fraction of sp³-hybridized carbons (Fsp3) is 0.500. The van der Waals surface area contributed by atoms with E-state index in [1.807, 2.05) is 20.8 Å². The standard InChI is InChI=1S/C14H20ClNO3/c1-4-14(2,3)16-13(18)9-19-12-6-5-11(15)7-10(12)8-17/h5-7,17H,4,8-9H2,1-3H3,(H,16,18). The Morgan fingerprint density at radius 3 is 2.74 bits per heavy atom. The number of halogens is 1. The number of aliphatic hydroxyl groups excluding tert-OH is 1. The van der Waals surface area contributed by atoms with Crippen molar-refractivity contribution in [2.24, 2.45) is 0 Å². The summed E-state index contributed by atoms with van der Waals surface area (Å²) in [6.45, 7) is 5.64. The van der Waals surface area contributed by atoms with Gasteiger partial charge in [0.2, 0.25) is 0 Å². The van der Waals surface area contributed by atoms with E-state index >= 15 is 0 Å². The van der Waals surface area contributed by atoms with Crippen molar-refractivity contribution in [1.29, 1.82) is 0 Å². The first-order chi connectivity index (χ1) is 8.88. The van der Waals surface area contributed by atoms with Gasteiger partial charge in [0.15, 0.2) is 6.61 Å². The van der Waals surface area contributed by atoms with Gasteiger partial charge in [-0.2, -0.15) is 0 Å². The highest BCUT2D eigenvalue weighted by Crippen LogP contribution is 2.22. The molecule has 0 saturated carbocycles. The van der Waals surface area contributed by atoms with E-state index in [0.29, 0.717) is 16.3 Å². The Labute approximate surface area is 118 Å². The first kappa shape index (κ1) is 15.8. The van der Waals surface area contributed by atoms with Crippen molar-refractivity contribution in [2.75, 3.05) is 6.61 Å². The molecular weight excluding hydrogens is 266 g/mol. The molecule has 0 radical (unpaired) electrons. The van der Waals surface area contributed by atoms with E-state index in [2.05, 4.69) is 5.32 Å². The van der Waals surface area contributed by atoms with Crippen LogP contribution < -0.4 is 10.1 Å². The Kier molecular flexibility index (Phi) is 5.63. The maximum Gasteiger partial charge on any atom is 0.258 e. The minimum atomic E-state index is -0.250. The Bertz CT molecular complexity index is 446. The molecule has 0 unspecified atom stereocenters. The van der Waals surface area contributed by atoms with Crippen LogP contribution in [0.2, 0.25) is 5.02 Å². The van der Waals surface area contributed by atoms with Crippen LogP contribution in [-0.2, 0) is 11.4 Å². The van der Waals surface area contributed by atoms with Gasteiger partial charge in [-0.15, -0.1) is 0 Å². The van der Waals surface area contributed by atoms with E-state index < -0.39 is 0 Å². The molecule has 1 rings (SSSR count). The van der Waals surface area contributed by atoms with Gasteiger partial charge >= 0.3 is 0 Å². The number of carbonyl (C=O) groups excluding carboxylic acids is 1. The zero-order chi connectivity index (χ0) is 14.5. The fourth-order valence-electron chi connectivity index (χ4n) is 1.46. The second-order valence-corrected chi connectivity index (χ2v) is 5.42. The molecule has 5 heteroatoms. The summed E-state index contributed by atoms with van der Waals surface area (Å²) < 4.78 is 5.40. The van der Waals surface area contributed by atoms with Crippen molar-refractivity contribution >= 4 is 17.5 Å². The monoisotopic (exact) mass is 285 g/mol. The predicted octanol–water partition coefficient (Wildman–Crippen LogP) is 2.52. The van der Waals surface area contributed by atoms with Crippen LogP contribution in [0.1, 0.15) is 32.8 Å². The van der Waals surface area contributed by atoms with E-state index in [-0.39, 0.29) is 24.7 Å². The van der Waals surface area contributed by atoms with Gasteiger partial charge in [0.05, 0.1) is 6.61 Å². The van der Waals surface area contributed by atoms with E-state index in [1.54, 1.807) is 18.2 Å². The first-order valence-corrected chi connectivity index (χ1v) is 6.59. The van der Waals surface area contributed by atoms with Crippen LogP contribution in [0.3, 0.4) is 0 Å². The maximum absolute atomic E-state index is 11.7. The van der Waals surface area contributed by atoms with Gasteiger partial charge in [0, 0.05) is 16.1 Å². The summed E-state index contributed by atoms with van der Waals surface area (Å²) in [7, 11) is 0. The Morgan fingerprint density at radius 2 is 2.16 bits per heavy atom. The number of ether oxygens (including phenoxy) is 1. The maximum atomic E-state index is 11.7. The molecule has 0 bridgehead atoms. The van der Waals surface area contributed by atoms with Crippen molar-refractivity contribution in [3.8, 4) is 5.75 Å². The lowest BCUT2D eigenvalue weighted by atomic mass is 10.0. The molecule has 0 aliphatic rings. The number of hydrogen-bond acceptors (Lipinski definition) is 3. The highest BCUT2D eigenvalue weighted by Gasteiger charge is 2.18. The van der Waals surface area contributed by atoms with Crippen LogP contribution in [0.15, 0.2) is 18.2 Å². The summed E-state index contributed by atoms with van der Waals surface area (Å²) in [5.41, 5.74) is 0.315. The second kappa shape index (κ2) is 6.78. The second-order valence-electron chi connectivity index (χ2n) is 4.98. The van der Waals surface area contributed by atoms with Crippen LogP contribution in [0.25, 0.3) is 0 Å². The zero-order valence-corrected chi connectivity index (χ0v) is 12.3. The predicted molar refractivity (Wildman–Crippen MR) is 75.4 cm³/mol. The summed E-state index contributed by atoms with van der Waals surface area (Å²) >= 11 is 5.82. The molecule has 0 saturated heterocycles. The summed E-state index contributed by atoms with van der Waals surface area (Å²) in [6, 6.07) is 4.92. The van der Waals surface area contributed by atoms with Crippen molar-refractivity contribution in [2.45, 2.75) is 39.3 Å². The summed E-state index contributed by atoms with van der Waals surface area (Å²) in [6.07, 6.45) is 0.835. The van der Waals surface area contributed by atoms with E-state index in [4.69, 9.17) is 16.3 Å². The van der Waals surface area contributed by atoms with Gasteiger partial charge in [-0.3, -0.25) is 4.79 Å². The highest BCUT2D eigenvalue weighted by molar-refractivity contribution is 6.30. The van der Waals surface area contributed by atoms with Crippen molar-refractivity contribution in [3.05, 3.63) is 28.8 Å². The van der Waals surface area contributed by atoms with Crippen molar-refractivity contribution in [3.63, 3.8) is 0 Å². The summed E-state index contributed by atoms with van der Waals surface area (Å²) in [4.78, 5) is 11.7. The molecule has 0 fully saturated rings. The van der Waals surface area contributed by atoms with Crippen LogP contribution in [-0.4, -0.2) is 23.2 Å².